The summed E-state index contributed by atoms with van der Waals surface area (Å²) in [5.74, 6) is -2.03. The van der Waals surface area contributed by atoms with Gasteiger partial charge in [-0.05, 0) is 48.6 Å². The highest BCUT2D eigenvalue weighted by Crippen LogP contribution is 2.54. The lowest BCUT2D eigenvalue weighted by atomic mass is 9.87. The number of rotatable bonds is 2. The molecule has 4 nitrogen and oxygen atoms in total. The van der Waals surface area contributed by atoms with Crippen LogP contribution in [0.2, 0.25) is 5.15 Å². The molecule has 2 aromatic rings. The summed E-state index contributed by atoms with van der Waals surface area (Å²) in [5.41, 5.74) is 0.658. The summed E-state index contributed by atoms with van der Waals surface area (Å²) in [6.07, 6.45) is 2.82. The Balaban J connectivity index is 1.90. The SMILES string of the molecule is COc1cc(C)c(F)c(N2Cc3cnc(Cl)cc3C3(CC3)C2=O)c1F. The van der Waals surface area contributed by atoms with E-state index in [1.807, 2.05) is 0 Å². The Kier molecular flexibility index (Phi) is 3.51. The van der Waals surface area contributed by atoms with Gasteiger partial charge in [0, 0.05) is 6.20 Å². The molecule has 0 N–H and O–H groups in total. The second-order valence-corrected chi connectivity index (χ2v) is 6.90. The van der Waals surface area contributed by atoms with E-state index >= 15 is 0 Å². The topological polar surface area (TPSA) is 42.4 Å². The van der Waals surface area contributed by atoms with Crippen LogP contribution < -0.4 is 9.64 Å². The van der Waals surface area contributed by atoms with Crippen LogP contribution in [0.15, 0.2) is 18.3 Å². The monoisotopic (exact) mass is 364 g/mol. The first-order valence-corrected chi connectivity index (χ1v) is 8.26. The van der Waals surface area contributed by atoms with Crippen LogP contribution in [0.1, 0.15) is 29.5 Å². The van der Waals surface area contributed by atoms with Crippen LogP contribution in [0.25, 0.3) is 0 Å². The molecule has 1 aliphatic heterocycles. The fourth-order valence-corrected chi connectivity index (χ4v) is 3.70. The van der Waals surface area contributed by atoms with Gasteiger partial charge in [0.1, 0.15) is 10.8 Å². The number of anilines is 1. The average molecular weight is 365 g/mol. The van der Waals surface area contributed by atoms with E-state index < -0.39 is 17.0 Å². The second-order valence-electron chi connectivity index (χ2n) is 6.51. The van der Waals surface area contributed by atoms with Gasteiger partial charge < -0.3 is 9.64 Å². The van der Waals surface area contributed by atoms with E-state index in [0.29, 0.717) is 18.0 Å². The minimum Gasteiger partial charge on any atom is -0.494 e. The Morgan fingerprint density at radius 1 is 1.28 bits per heavy atom. The molecule has 0 radical (unpaired) electrons. The number of fused-ring (bicyclic) bond motifs is 2. The molecule has 1 aromatic carbocycles. The van der Waals surface area contributed by atoms with E-state index in [1.165, 1.54) is 25.0 Å². The van der Waals surface area contributed by atoms with Crippen molar-refractivity contribution in [3.8, 4) is 5.75 Å². The lowest BCUT2D eigenvalue weighted by molar-refractivity contribution is -0.121. The molecule has 1 saturated carbocycles. The number of benzene rings is 1. The Bertz CT molecular complexity index is 912. The first-order valence-electron chi connectivity index (χ1n) is 7.88. The number of amides is 1. The second kappa shape index (κ2) is 5.39. The van der Waals surface area contributed by atoms with Gasteiger partial charge in [-0.3, -0.25) is 4.79 Å². The van der Waals surface area contributed by atoms with Crippen LogP contribution in [-0.2, 0) is 16.8 Å². The molecule has 2 aliphatic rings. The van der Waals surface area contributed by atoms with Gasteiger partial charge in [-0.1, -0.05) is 11.6 Å². The van der Waals surface area contributed by atoms with E-state index in [4.69, 9.17) is 16.3 Å². The van der Waals surface area contributed by atoms with E-state index in [1.54, 1.807) is 12.3 Å². The number of aryl methyl sites for hydroxylation is 1. The van der Waals surface area contributed by atoms with Crippen molar-refractivity contribution in [2.75, 3.05) is 12.0 Å². The molecule has 1 aromatic heterocycles. The zero-order chi connectivity index (χ0) is 17.9. The number of carbonyl (C=O) groups is 1. The number of nitrogens with zero attached hydrogens (tertiary/aromatic N) is 2. The molecule has 0 atom stereocenters. The van der Waals surface area contributed by atoms with E-state index in [9.17, 15) is 13.6 Å². The van der Waals surface area contributed by atoms with Crippen molar-refractivity contribution in [2.45, 2.75) is 31.7 Å². The van der Waals surface area contributed by atoms with Crippen LogP contribution in [-0.4, -0.2) is 18.0 Å². The fourth-order valence-electron chi connectivity index (χ4n) is 3.54. The van der Waals surface area contributed by atoms with Crippen LogP contribution in [0.4, 0.5) is 14.5 Å². The van der Waals surface area contributed by atoms with Gasteiger partial charge in [0.05, 0.1) is 19.1 Å². The lowest BCUT2D eigenvalue weighted by Crippen LogP contribution is -2.45. The van der Waals surface area contributed by atoms with E-state index in [-0.39, 0.29) is 29.5 Å². The number of carbonyl (C=O) groups excluding carboxylic acids is 1. The molecule has 0 unspecified atom stereocenters. The standard InChI is InChI=1S/C18H15ClF2N2O2/c1-9-5-12(25-2)15(21)16(14(9)20)23-8-10-7-22-13(19)6-11(10)18(3-4-18)17(23)24/h5-7H,3-4,8H2,1-2H3. The molecule has 7 heteroatoms. The smallest absolute Gasteiger partial charge is 0.238 e. The summed E-state index contributed by atoms with van der Waals surface area (Å²) in [4.78, 5) is 18.3. The van der Waals surface area contributed by atoms with Crippen molar-refractivity contribution in [2.24, 2.45) is 0 Å². The average Bonchev–Trinajstić information content (AvgIpc) is 3.38. The maximum absolute atomic E-state index is 14.8. The fraction of sp³-hybridized carbons (Fsp3) is 0.333. The first kappa shape index (κ1) is 16.3. The minimum atomic E-state index is -0.875. The Hall–Kier alpha value is -2.21. The van der Waals surface area contributed by atoms with Crippen molar-refractivity contribution >= 4 is 23.2 Å². The molecule has 1 fully saturated rings. The van der Waals surface area contributed by atoms with Crippen LogP contribution in [0.5, 0.6) is 5.75 Å². The van der Waals surface area contributed by atoms with Gasteiger partial charge in [-0.25, -0.2) is 13.8 Å². The third kappa shape index (κ3) is 2.24. The zero-order valence-electron chi connectivity index (χ0n) is 13.7. The van der Waals surface area contributed by atoms with Crippen molar-refractivity contribution in [1.29, 1.82) is 0 Å². The van der Waals surface area contributed by atoms with Crippen LogP contribution >= 0.6 is 11.6 Å². The molecular weight excluding hydrogens is 350 g/mol. The largest absolute Gasteiger partial charge is 0.494 e. The quantitative estimate of drug-likeness (QED) is 0.759. The minimum absolute atomic E-state index is 0.0422. The Morgan fingerprint density at radius 3 is 2.64 bits per heavy atom. The van der Waals surface area contributed by atoms with Crippen molar-refractivity contribution in [3.05, 3.63) is 51.8 Å². The summed E-state index contributed by atoms with van der Waals surface area (Å²) < 4.78 is 34.5. The van der Waals surface area contributed by atoms with Gasteiger partial charge in [0.15, 0.2) is 17.4 Å². The molecule has 2 heterocycles. The van der Waals surface area contributed by atoms with E-state index in [0.717, 1.165) is 11.1 Å². The summed E-state index contributed by atoms with van der Waals surface area (Å²) >= 11 is 5.97. The van der Waals surface area contributed by atoms with Crippen LogP contribution in [0, 0.1) is 18.6 Å². The Morgan fingerprint density at radius 2 is 2.00 bits per heavy atom. The number of halogens is 3. The maximum atomic E-state index is 14.8. The number of hydrogen-bond acceptors (Lipinski definition) is 3. The molecule has 25 heavy (non-hydrogen) atoms. The van der Waals surface area contributed by atoms with Gasteiger partial charge in [0.25, 0.3) is 0 Å². The molecule has 1 aliphatic carbocycles. The molecule has 0 bridgehead atoms. The van der Waals surface area contributed by atoms with Crippen molar-refractivity contribution in [3.63, 3.8) is 0 Å². The summed E-state index contributed by atoms with van der Waals surface area (Å²) in [5, 5.41) is 0.306. The number of pyridine rings is 1. The number of aromatic nitrogens is 1. The lowest BCUT2D eigenvalue weighted by Gasteiger charge is -2.35. The summed E-state index contributed by atoms with van der Waals surface area (Å²) in [7, 11) is 1.31. The normalized spacial score (nSPS) is 17.6. The van der Waals surface area contributed by atoms with Crippen molar-refractivity contribution in [1.82, 2.24) is 4.98 Å². The van der Waals surface area contributed by atoms with Crippen molar-refractivity contribution < 1.29 is 18.3 Å². The molecule has 130 valence electrons. The van der Waals surface area contributed by atoms with Gasteiger partial charge in [0.2, 0.25) is 5.91 Å². The number of hydrogen-bond donors (Lipinski definition) is 0. The molecule has 1 amide bonds. The van der Waals surface area contributed by atoms with Gasteiger partial charge >= 0.3 is 0 Å². The molecule has 1 spiro atoms. The molecular formula is C18H15ClF2N2O2. The maximum Gasteiger partial charge on any atom is 0.238 e. The predicted octanol–water partition coefficient (Wildman–Crippen LogP) is 3.91. The van der Waals surface area contributed by atoms with Gasteiger partial charge in [-0.15, -0.1) is 0 Å². The predicted molar refractivity (Wildman–Crippen MR) is 89.0 cm³/mol. The first-order chi connectivity index (χ1) is 11.9. The zero-order valence-corrected chi connectivity index (χ0v) is 14.5. The number of ether oxygens (including phenoxy) is 1. The highest BCUT2D eigenvalue weighted by Gasteiger charge is 2.57. The third-order valence-electron chi connectivity index (χ3n) is 5.02. The number of methoxy groups -OCH3 is 1. The third-order valence-corrected chi connectivity index (χ3v) is 5.22. The highest BCUT2D eigenvalue weighted by molar-refractivity contribution is 6.29. The molecule has 0 saturated heterocycles. The summed E-state index contributed by atoms with van der Waals surface area (Å²) in [6.45, 7) is 1.55. The van der Waals surface area contributed by atoms with Gasteiger partial charge in [-0.2, -0.15) is 0 Å². The molecule has 4 rings (SSSR count). The van der Waals surface area contributed by atoms with E-state index in [2.05, 4.69) is 4.98 Å². The highest BCUT2D eigenvalue weighted by atomic mass is 35.5. The summed E-state index contributed by atoms with van der Waals surface area (Å²) in [6, 6.07) is 2.97. The van der Waals surface area contributed by atoms with Crippen LogP contribution in [0.3, 0.4) is 0 Å². The Labute approximate surface area is 148 Å².